The molecule has 0 fully saturated rings. The van der Waals surface area contributed by atoms with E-state index >= 15 is 0 Å². The zero-order valence-electron chi connectivity index (χ0n) is 15.6. The summed E-state index contributed by atoms with van der Waals surface area (Å²) in [5.74, 6) is -0.852. The number of imide groups is 1. The van der Waals surface area contributed by atoms with Crippen LogP contribution in [-0.4, -0.2) is 29.8 Å². The quantitative estimate of drug-likeness (QED) is 0.680. The van der Waals surface area contributed by atoms with Crippen molar-refractivity contribution in [3.05, 3.63) is 89.2 Å². The molecule has 144 valence electrons. The Hall–Kier alpha value is -4.00. The Kier molecular flexibility index (Phi) is 4.78. The number of nitrogens with one attached hydrogen (secondary N) is 1. The number of carbonyl (C=O) groups is 3. The molecule has 0 bridgehead atoms. The van der Waals surface area contributed by atoms with Crippen LogP contribution in [-0.2, 0) is 6.54 Å². The average Bonchev–Trinajstić information content (AvgIpc) is 3.02. The number of aromatic nitrogens is 1. The highest BCUT2D eigenvalue weighted by Gasteiger charge is 2.38. The van der Waals surface area contributed by atoms with Gasteiger partial charge in [-0.1, -0.05) is 12.1 Å². The maximum absolute atomic E-state index is 12.9. The summed E-state index contributed by atoms with van der Waals surface area (Å²) in [6, 6.07) is 14.9. The number of amides is 3. The summed E-state index contributed by atoms with van der Waals surface area (Å²) in [4.78, 5) is 43.3. The fourth-order valence-electron chi connectivity index (χ4n) is 3.20. The molecule has 29 heavy (non-hydrogen) atoms. The van der Waals surface area contributed by atoms with Crippen molar-refractivity contribution in [3.63, 3.8) is 0 Å². The lowest BCUT2D eigenvalue weighted by Gasteiger charge is -2.16. The fraction of sp³-hybridized carbons (Fsp3) is 0.0909. The Bertz CT molecular complexity index is 1110. The summed E-state index contributed by atoms with van der Waals surface area (Å²) in [6.07, 6.45) is 3.29. The van der Waals surface area contributed by atoms with Gasteiger partial charge in [-0.05, 0) is 48.0 Å². The fourth-order valence-corrected chi connectivity index (χ4v) is 3.20. The van der Waals surface area contributed by atoms with Crippen LogP contribution in [0.15, 0.2) is 67.0 Å². The first-order chi connectivity index (χ1) is 14.1. The van der Waals surface area contributed by atoms with Crippen molar-refractivity contribution in [2.45, 2.75) is 6.54 Å². The second kappa shape index (κ2) is 7.55. The number of benzene rings is 2. The van der Waals surface area contributed by atoms with E-state index in [2.05, 4.69) is 10.3 Å². The van der Waals surface area contributed by atoms with Crippen molar-refractivity contribution >= 4 is 23.4 Å². The molecule has 0 unspecified atom stereocenters. The number of anilines is 1. The Morgan fingerprint density at radius 1 is 1.00 bits per heavy atom. The molecule has 2 aromatic carbocycles. The highest BCUT2D eigenvalue weighted by molar-refractivity contribution is 6.35. The summed E-state index contributed by atoms with van der Waals surface area (Å²) < 4.78 is 5.27. The number of pyridine rings is 1. The van der Waals surface area contributed by atoms with Crippen LogP contribution in [0.1, 0.15) is 36.6 Å². The molecule has 1 aliphatic rings. The van der Waals surface area contributed by atoms with Crippen LogP contribution in [0.4, 0.5) is 5.69 Å². The SMILES string of the molecule is COc1ccccc1N1C(=O)c2ccc(C(=O)NCc3ccncc3)cc2C1=O. The lowest BCUT2D eigenvalue weighted by atomic mass is 10.1. The van der Waals surface area contributed by atoms with Crippen molar-refractivity contribution in [2.24, 2.45) is 0 Å². The lowest BCUT2D eigenvalue weighted by Crippen LogP contribution is -2.29. The summed E-state index contributed by atoms with van der Waals surface area (Å²) in [5.41, 5.74) is 2.03. The third kappa shape index (κ3) is 3.34. The predicted octanol–water partition coefficient (Wildman–Crippen LogP) is 2.82. The molecule has 2 heterocycles. The summed E-state index contributed by atoms with van der Waals surface area (Å²) in [5, 5.41) is 2.80. The monoisotopic (exact) mass is 387 g/mol. The van der Waals surface area contributed by atoms with Gasteiger partial charge in [0.2, 0.25) is 0 Å². The van der Waals surface area contributed by atoms with E-state index in [1.54, 1.807) is 48.8 Å². The lowest BCUT2D eigenvalue weighted by molar-refractivity contribution is 0.0922. The first kappa shape index (κ1) is 18.4. The van der Waals surface area contributed by atoms with E-state index in [0.29, 0.717) is 23.5 Å². The minimum atomic E-state index is -0.488. The average molecular weight is 387 g/mol. The molecule has 0 saturated carbocycles. The van der Waals surface area contributed by atoms with Crippen LogP contribution < -0.4 is 15.0 Å². The van der Waals surface area contributed by atoms with Crippen molar-refractivity contribution < 1.29 is 19.1 Å². The van der Waals surface area contributed by atoms with Gasteiger partial charge in [-0.2, -0.15) is 0 Å². The van der Waals surface area contributed by atoms with E-state index in [1.807, 2.05) is 0 Å². The van der Waals surface area contributed by atoms with E-state index in [0.717, 1.165) is 10.5 Å². The van der Waals surface area contributed by atoms with Crippen LogP contribution in [0.5, 0.6) is 5.75 Å². The normalized spacial score (nSPS) is 12.7. The van der Waals surface area contributed by atoms with E-state index in [1.165, 1.54) is 25.3 Å². The van der Waals surface area contributed by atoms with Crippen molar-refractivity contribution in [1.82, 2.24) is 10.3 Å². The molecule has 3 aromatic rings. The second-order valence-electron chi connectivity index (χ2n) is 6.42. The van der Waals surface area contributed by atoms with E-state index in [9.17, 15) is 14.4 Å². The summed E-state index contributed by atoms with van der Waals surface area (Å²) >= 11 is 0. The highest BCUT2D eigenvalue weighted by Crippen LogP contribution is 2.34. The number of para-hydroxylation sites is 2. The molecule has 0 aliphatic carbocycles. The number of ether oxygens (including phenoxy) is 1. The maximum atomic E-state index is 12.9. The summed E-state index contributed by atoms with van der Waals surface area (Å²) in [6.45, 7) is 0.332. The Morgan fingerprint density at radius 2 is 1.72 bits per heavy atom. The number of methoxy groups -OCH3 is 1. The minimum Gasteiger partial charge on any atom is -0.495 e. The second-order valence-corrected chi connectivity index (χ2v) is 6.42. The van der Waals surface area contributed by atoms with Crippen LogP contribution in [0.2, 0.25) is 0 Å². The smallest absolute Gasteiger partial charge is 0.266 e. The van der Waals surface area contributed by atoms with Gasteiger partial charge in [0.1, 0.15) is 5.75 Å². The van der Waals surface area contributed by atoms with Crippen molar-refractivity contribution in [2.75, 3.05) is 12.0 Å². The number of hydrogen-bond acceptors (Lipinski definition) is 5. The molecule has 7 nitrogen and oxygen atoms in total. The van der Waals surface area contributed by atoms with Gasteiger partial charge in [0.15, 0.2) is 0 Å². The Morgan fingerprint density at radius 3 is 2.48 bits per heavy atom. The minimum absolute atomic E-state index is 0.192. The van der Waals surface area contributed by atoms with Gasteiger partial charge >= 0.3 is 0 Å². The van der Waals surface area contributed by atoms with E-state index < -0.39 is 11.8 Å². The van der Waals surface area contributed by atoms with Gasteiger partial charge in [0.05, 0.1) is 23.9 Å². The van der Waals surface area contributed by atoms with Gasteiger partial charge in [-0.15, -0.1) is 0 Å². The van der Waals surface area contributed by atoms with Gasteiger partial charge < -0.3 is 10.1 Å². The molecule has 0 radical (unpaired) electrons. The van der Waals surface area contributed by atoms with E-state index in [4.69, 9.17) is 4.74 Å². The van der Waals surface area contributed by atoms with Gasteiger partial charge in [0.25, 0.3) is 17.7 Å². The molecule has 0 spiro atoms. The standard InChI is InChI=1S/C22H17N3O4/c1-29-19-5-3-2-4-18(19)25-21(27)16-7-6-15(12-17(16)22(25)28)20(26)24-13-14-8-10-23-11-9-14/h2-12H,13H2,1H3,(H,24,26). The molecule has 1 N–H and O–H groups in total. The van der Waals surface area contributed by atoms with Gasteiger partial charge in [0, 0.05) is 24.5 Å². The zero-order valence-corrected chi connectivity index (χ0v) is 15.6. The molecular formula is C22H17N3O4. The molecule has 7 heteroatoms. The Balaban J connectivity index is 1.59. The predicted molar refractivity (Wildman–Crippen MR) is 106 cm³/mol. The number of rotatable bonds is 5. The number of nitrogens with zero attached hydrogens (tertiary/aromatic N) is 2. The number of fused-ring (bicyclic) bond motifs is 1. The first-order valence-corrected chi connectivity index (χ1v) is 8.93. The molecular weight excluding hydrogens is 370 g/mol. The molecule has 3 amide bonds. The van der Waals surface area contributed by atoms with Crippen LogP contribution in [0.25, 0.3) is 0 Å². The first-order valence-electron chi connectivity index (χ1n) is 8.93. The topological polar surface area (TPSA) is 88.6 Å². The van der Waals surface area contributed by atoms with Crippen LogP contribution >= 0.6 is 0 Å². The third-order valence-electron chi connectivity index (χ3n) is 4.68. The third-order valence-corrected chi connectivity index (χ3v) is 4.68. The van der Waals surface area contributed by atoms with Crippen LogP contribution in [0.3, 0.4) is 0 Å². The molecule has 0 saturated heterocycles. The molecule has 0 atom stereocenters. The van der Waals surface area contributed by atoms with Gasteiger partial charge in [-0.25, -0.2) is 4.90 Å². The number of hydrogen-bond donors (Lipinski definition) is 1. The van der Waals surface area contributed by atoms with Crippen LogP contribution in [0, 0.1) is 0 Å². The Labute approximate surface area is 166 Å². The van der Waals surface area contributed by atoms with Crippen molar-refractivity contribution in [3.8, 4) is 5.75 Å². The number of carbonyl (C=O) groups excluding carboxylic acids is 3. The maximum Gasteiger partial charge on any atom is 0.266 e. The molecule has 1 aromatic heterocycles. The summed E-state index contributed by atoms with van der Waals surface area (Å²) in [7, 11) is 1.47. The largest absolute Gasteiger partial charge is 0.495 e. The highest BCUT2D eigenvalue weighted by atomic mass is 16.5. The zero-order chi connectivity index (χ0) is 20.4. The van der Waals surface area contributed by atoms with Gasteiger partial charge in [-0.3, -0.25) is 19.4 Å². The van der Waals surface area contributed by atoms with Crippen molar-refractivity contribution in [1.29, 1.82) is 0 Å². The molecule has 4 rings (SSSR count). The van der Waals surface area contributed by atoms with E-state index in [-0.39, 0.29) is 17.0 Å². The molecule has 1 aliphatic heterocycles.